The fraction of sp³-hybridized carbons (Fsp3) is 0.0714. The average Bonchev–Trinajstić information content (AvgIpc) is 2.84. The van der Waals surface area contributed by atoms with Crippen molar-refractivity contribution in [2.45, 2.75) is 11.2 Å². The minimum atomic E-state index is -1.76. The van der Waals surface area contributed by atoms with Crippen LogP contribution in [-0.2, 0) is 11.2 Å². The van der Waals surface area contributed by atoms with Crippen LogP contribution in [0.25, 0.3) is 0 Å². The van der Waals surface area contributed by atoms with E-state index < -0.39 is 11.2 Å². The van der Waals surface area contributed by atoms with Crippen molar-refractivity contribution in [1.82, 2.24) is 0 Å². The van der Waals surface area contributed by atoms with Crippen molar-refractivity contribution in [3.05, 3.63) is 141 Å². The number of hydrogen-bond acceptors (Lipinski definition) is 2. The first-order chi connectivity index (χ1) is 15.4. The largest absolute Gasteiger partial charge is 0.369 e. The summed E-state index contributed by atoms with van der Waals surface area (Å²) < 4.78 is 0. The Morgan fingerprint density at radius 1 is 0.469 bits per heavy atom. The fourth-order valence-corrected chi connectivity index (χ4v) is 4.18. The van der Waals surface area contributed by atoms with Crippen molar-refractivity contribution in [3.8, 4) is 11.8 Å². The normalized spacial score (nSPS) is 14.5. The van der Waals surface area contributed by atoms with Crippen molar-refractivity contribution in [2.24, 2.45) is 0 Å². The maximum absolute atomic E-state index is 11.9. The Morgan fingerprint density at radius 3 is 1.12 bits per heavy atom. The van der Waals surface area contributed by atoms with Crippen LogP contribution in [0.1, 0.15) is 22.3 Å². The molecule has 4 aromatic carbocycles. The molecule has 0 radical (unpaired) electrons. The maximum Gasteiger partial charge on any atom is 0.178 e. The molecular formula is C28H20Cl2O2. The molecule has 2 N–H and O–H groups in total. The first-order valence-corrected chi connectivity index (χ1v) is 10.8. The highest BCUT2D eigenvalue weighted by Gasteiger charge is 2.35. The Bertz CT molecular complexity index is 1180. The zero-order valence-corrected chi connectivity index (χ0v) is 18.6. The predicted octanol–water partition coefficient (Wildman–Crippen LogP) is 6.17. The number of halogens is 2. The van der Waals surface area contributed by atoms with Crippen molar-refractivity contribution < 1.29 is 10.2 Å². The van der Waals surface area contributed by atoms with Crippen LogP contribution in [0.15, 0.2) is 109 Å². The summed E-state index contributed by atoms with van der Waals surface area (Å²) in [4.78, 5) is 0. The molecule has 0 amide bonds. The summed E-state index contributed by atoms with van der Waals surface area (Å²) in [5.74, 6) is 5.89. The van der Waals surface area contributed by atoms with E-state index in [9.17, 15) is 10.2 Å². The summed E-state index contributed by atoms with van der Waals surface area (Å²) in [6, 6.07) is 32.1. The molecule has 0 saturated carbocycles. The molecule has 0 aromatic heterocycles. The Kier molecular flexibility index (Phi) is 6.37. The summed E-state index contributed by atoms with van der Waals surface area (Å²) >= 11 is 12.9. The third-order valence-electron chi connectivity index (χ3n) is 5.33. The van der Waals surface area contributed by atoms with Crippen LogP contribution in [-0.4, -0.2) is 10.2 Å². The summed E-state index contributed by atoms with van der Waals surface area (Å²) in [6.07, 6.45) is 0. The van der Waals surface area contributed by atoms with E-state index in [4.69, 9.17) is 23.2 Å². The molecule has 0 aliphatic rings. The Hall–Kier alpha value is -3.06. The van der Waals surface area contributed by atoms with Gasteiger partial charge in [-0.05, 0) is 12.1 Å². The van der Waals surface area contributed by atoms with E-state index in [0.717, 1.165) is 0 Å². The summed E-state index contributed by atoms with van der Waals surface area (Å²) in [5, 5.41) is 24.5. The molecule has 0 spiro atoms. The highest BCUT2D eigenvalue weighted by Crippen LogP contribution is 2.37. The van der Waals surface area contributed by atoms with Gasteiger partial charge in [-0.1, -0.05) is 132 Å². The minimum absolute atomic E-state index is 0.370. The molecular weight excluding hydrogens is 439 g/mol. The molecule has 0 fully saturated rings. The van der Waals surface area contributed by atoms with Crippen LogP contribution < -0.4 is 0 Å². The van der Waals surface area contributed by atoms with Gasteiger partial charge in [0.05, 0.1) is 0 Å². The van der Waals surface area contributed by atoms with Gasteiger partial charge in [-0.3, -0.25) is 0 Å². The summed E-state index contributed by atoms with van der Waals surface area (Å²) in [5.41, 5.74) is -1.59. The molecule has 2 atom stereocenters. The van der Waals surface area contributed by atoms with Gasteiger partial charge in [0.25, 0.3) is 0 Å². The molecule has 0 saturated heterocycles. The first-order valence-electron chi connectivity index (χ1n) is 10.1. The van der Waals surface area contributed by atoms with Crippen LogP contribution >= 0.6 is 23.2 Å². The van der Waals surface area contributed by atoms with Crippen LogP contribution in [0.5, 0.6) is 0 Å². The number of benzene rings is 4. The van der Waals surface area contributed by atoms with Gasteiger partial charge in [-0.25, -0.2) is 0 Å². The monoisotopic (exact) mass is 458 g/mol. The van der Waals surface area contributed by atoms with E-state index in [0.29, 0.717) is 32.3 Å². The fourth-order valence-electron chi connectivity index (χ4n) is 3.64. The molecule has 0 aliphatic carbocycles. The highest BCUT2D eigenvalue weighted by molar-refractivity contribution is 6.31. The van der Waals surface area contributed by atoms with Crippen molar-refractivity contribution in [1.29, 1.82) is 0 Å². The minimum Gasteiger partial charge on any atom is -0.369 e. The molecule has 2 nitrogen and oxygen atoms in total. The van der Waals surface area contributed by atoms with Crippen molar-refractivity contribution in [2.75, 3.05) is 0 Å². The third kappa shape index (κ3) is 4.17. The summed E-state index contributed by atoms with van der Waals surface area (Å²) in [6.45, 7) is 0. The van der Waals surface area contributed by atoms with Crippen molar-refractivity contribution in [3.63, 3.8) is 0 Å². The topological polar surface area (TPSA) is 40.5 Å². The smallest absolute Gasteiger partial charge is 0.178 e. The Morgan fingerprint density at radius 2 is 0.781 bits per heavy atom. The van der Waals surface area contributed by atoms with Crippen LogP contribution in [0.2, 0.25) is 10.0 Å². The highest BCUT2D eigenvalue weighted by atomic mass is 35.5. The molecule has 4 aromatic rings. The van der Waals surface area contributed by atoms with Gasteiger partial charge < -0.3 is 10.2 Å². The molecule has 0 bridgehead atoms. The van der Waals surface area contributed by atoms with Crippen LogP contribution in [0.3, 0.4) is 0 Å². The zero-order valence-electron chi connectivity index (χ0n) is 17.0. The standard InChI is InChI=1S/C28H20Cl2O2/c29-25-17-9-7-15-23(25)27(31,21-11-3-1-4-12-21)19-20-28(32,22-13-5-2-6-14-22)24-16-8-10-18-26(24)30/h1-18,31-32H. The van der Waals surface area contributed by atoms with Gasteiger partial charge in [-0.15, -0.1) is 0 Å². The lowest BCUT2D eigenvalue weighted by atomic mass is 9.83. The van der Waals surface area contributed by atoms with E-state index in [1.807, 2.05) is 36.4 Å². The maximum atomic E-state index is 11.9. The lowest BCUT2D eigenvalue weighted by Crippen LogP contribution is -2.30. The lowest BCUT2D eigenvalue weighted by molar-refractivity contribution is 0.133. The molecule has 158 valence electrons. The Labute approximate surface area is 197 Å². The SMILES string of the molecule is OC(C#CC(O)(c1ccccc1)c1ccccc1Cl)(c1ccccc1)c1ccccc1Cl. The van der Waals surface area contributed by atoms with Gasteiger partial charge in [0.2, 0.25) is 0 Å². The van der Waals surface area contributed by atoms with E-state index in [-0.39, 0.29) is 0 Å². The lowest BCUT2D eigenvalue weighted by Gasteiger charge is -2.28. The molecule has 0 heterocycles. The molecule has 4 rings (SSSR count). The zero-order chi connectivity index (χ0) is 22.6. The van der Waals surface area contributed by atoms with E-state index in [1.165, 1.54) is 0 Å². The van der Waals surface area contributed by atoms with E-state index >= 15 is 0 Å². The predicted molar refractivity (Wildman–Crippen MR) is 130 cm³/mol. The first kappa shape index (κ1) is 22.1. The van der Waals surface area contributed by atoms with E-state index in [1.54, 1.807) is 72.8 Å². The van der Waals surface area contributed by atoms with Crippen LogP contribution in [0, 0.1) is 11.8 Å². The van der Waals surface area contributed by atoms with Gasteiger partial charge in [0, 0.05) is 32.3 Å². The molecule has 2 unspecified atom stereocenters. The number of hydrogen-bond donors (Lipinski definition) is 2. The van der Waals surface area contributed by atoms with Gasteiger partial charge >= 0.3 is 0 Å². The molecule has 0 aliphatic heterocycles. The number of rotatable bonds is 4. The average molecular weight is 459 g/mol. The number of aliphatic hydroxyl groups is 2. The Balaban J connectivity index is 1.97. The van der Waals surface area contributed by atoms with Gasteiger partial charge in [0.15, 0.2) is 11.2 Å². The second-order valence-electron chi connectivity index (χ2n) is 7.36. The quantitative estimate of drug-likeness (QED) is 0.359. The van der Waals surface area contributed by atoms with Gasteiger partial charge in [0.1, 0.15) is 0 Å². The molecule has 4 heteroatoms. The third-order valence-corrected chi connectivity index (χ3v) is 5.99. The second kappa shape index (κ2) is 9.20. The van der Waals surface area contributed by atoms with E-state index in [2.05, 4.69) is 11.8 Å². The van der Waals surface area contributed by atoms with Crippen molar-refractivity contribution >= 4 is 23.2 Å². The van der Waals surface area contributed by atoms with Gasteiger partial charge in [-0.2, -0.15) is 0 Å². The summed E-state index contributed by atoms with van der Waals surface area (Å²) in [7, 11) is 0. The molecule has 32 heavy (non-hydrogen) atoms. The van der Waals surface area contributed by atoms with Crippen LogP contribution in [0.4, 0.5) is 0 Å². The second-order valence-corrected chi connectivity index (χ2v) is 8.18.